The molecule has 0 saturated carbocycles. The number of amides is 2. The van der Waals surface area contributed by atoms with E-state index in [-0.39, 0.29) is 30.1 Å². The highest BCUT2D eigenvalue weighted by Crippen LogP contribution is 2.26. The largest absolute Gasteiger partial charge is 0.342 e. The van der Waals surface area contributed by atoms with Gasteiger partial charge in [-0.2, -0.15) is 0 Å². The number of benzene rings is 2. The topological polar surface area (TPSA) is 70.5 Å². The van der Waals surface area contributed by atoms with Crippen molar-refractivity contribution in [2.75, 3.05) is 18.0 Å². The van der Waals surface area contributed by atoms with Crippen molar-refractivity contribution in [3.05, 3.63) is 60.2 Å². The lowest BCUT2D eigenvalue weighted by Crippen LogP contribution is -3.17. The molecule has 2 saturated heterocycles. The number of hydrogen-bond acceptors (Lipinski definition) is 3. The van der Waals surface area contributed by atoms with E-state index in [1.807, 2.05) is 24.3 Å². The molecule has 1 unspecified atom stereocenters. The summed E-state index contributed by atoms with van der Waals surface area (Å²) in [7, 11) is 0. The van der Waals surface area contributed by atoms with Crippen LogP contribution >= 0.6 is 0 Å². The zero-order chi connectivity index (χ0) is 20.0. The van der Waals surface area contributed by atoms with Crippen LogP contribution in [0.25, 0.3) is 11.0 Å². The lowest BCUT2D eigenvalue weighted by Gasteiger charge is -2.31. The molecule has 2 N–H and O–H groups in total. The Hall–Kier alpha value is -3.06. The second-order valence-corrected chi connectivity index (χ2v) is 7.87. The van der Waals surface area contributed by atoms with Crippen LogP contribution in [-0.4, -0.2) is 40.9 Å². The number of aromatic amines is 1. The summed E-state index contributed by atoms with van der Waals surface area (Å²) in [4.78, 5) is 35.9. The Bertz CT molecular complexity index is 1040. The smallest absolute Gasteiger partial charge is 0.292 e. The Morgan fingerprint density at radius 3 is 2.48 bits per heavy atom. The van der Waals surface area contributed by atoms with Crippen molar-refractivity contribution >= 4 is 28.5 Å². The molecule has 0 bridgehead atoms. The molecule has 2 aliphatic heterocycles. The van der Waals surface area contributed by atoms with Crippen molar-refractivity contribution in [2.24, 2.45) is 0 Å². The molecule has 3 aromatic rings. The van der Waals surface area contributed by atoms with E-state index in [1.165, 1.54) is 29.2 Å². The van der Waals surface area contributed by atoms with E-state index >= 15 is 0 Å². The minimum Gasteiger partial charge on any atom is -0.342 e. The first-order valence-corrected chi connectivity index (χ1v) is 10.0. The fourth-order valence-electron chi connectivity index (χ4n) is 4.59. The van der Waals surface area contributed by atoms with Crippen molar-refractivity contribution in [2.45, 2.75) is 31.2 Å². The summed E-state index contributed by atoms with van der Waals surface area (Å²) in [5.74, 6) is 0.568. The van der Waals surface area contributed by atoms with Gasteiger partial charge in [0, 0.05) is 18.8 Å². The lowest BCUT2D eigenvalue weighted by molar-refractivity contribution is -0.920. The predicted octanol–water partition coefficient (Wildman–Crippen LogP) is 1.80. The summed E-state index contributed by atoms with van der Waals surface area (Å²) < 4.78 is 13.2. The monoisotopic (exact) mass is 393 g/mol. The molecule has 2 amide bonds. The number of nitrogens with zero attached hydrogens (tertiary/aromatic N) is 2. The standard InChI is InChI=1S/C22H21FN4O2/c23-15-5-7-16(8-6-15)27-20(28)13-19(22(27)29)26-11-9-14(10-12-26)21-24-17-3-1-2-4-18(17)25-21/h1-8,14,19H,9-13H2,(H,24,25)/p+1. The van der Waals surface area contributed by atoms with Gasteiger partial charge in [-0.1, -0.05) is 12.1 Å². The number of para-hydroxylation sites is 2. The van der Waals surface area contributed by atoms with Gasteiger partial charge in [-0.25, -0.2) is 14.3 Å². The average molecular weight is 393 g/mol. The molecule has 0 aliphatic carbocycles. The number of imide groups is 1. The minimum absolute atomic E-state index is 0.182. The number of quaternary nitrogens is 1. The summed E-state index contributed by atoms with van der Waals surface area (Å²) in [5.41, 5.74) is 2.47. The zero-order valence-corrected chi connectivity index (χ0v) is 15.9. The molecule has 0 spiro atoms. The second-order valence-electron chi connectivity index (χ2n) is 7.87. The van der Waals surface area contributed by atoms with Gasteiger partial charge in [0.1, 0.15) is 11.6 Å². The Morgan fingerprint density at radius 1 is 1.03 bits per heavy atom. The molecular weight excluding hydrogens is 371 g/mol. The Kier molecular flexibility index (Phi) is 4.39. The minimum atomic E-state index is -0.386. The van der Waals surface area contributed by atoms with Crippen LogP contribution in [0.4, 0.5) is 10.1 Å². The van der Waals surface area contributed by atoms with Gasteiger partial charge in [-0.05, 0) is 36.4 Å². The quantitative estimate of drug-likeness (QED) is 0.667. The van der Waals surface area contributed by atoms with Crippen molar-refractivity contribution in [1.82, 2.24) is 9.97 Å². The number of hydrogen-bond donors (Lipinski definition) is 2. The molecule has 2 aliphatic rings. The second kappa shape index (κ2) is 7.08. The van der Waals surface area contributed by atoms with Gasteiger partial charge < -0.3 is 9.88 Å². The molecule has 1 aromatic heterocycles. The number of rotatable bonds is 3. The first-order valence-electron chi connectivity index (χ1n) is 10.0. The van der Waals surface area contributed by atoms with E-state index in [2.05, 4.69) is 4.98 Å². The first kappa shape index (κ1) is 18.0. The molecule has 7 heteroatoms. The summed E-state index contributed by atoms with van der Waals surface area (Å²) in [6, 6.07) is 13.2. The zero-order valence-electron chi connectivity index (χ0n) is 15.9. The van der Waals surface area contributed by atoms with E-state index < -0.39 is 0 Å². The third-order valence-corrected chi connectivity index (χ3v) is 6.15. The number of fused-ring (bicyclic) bond motifs is 1. The van der Waals surface area contributed by atoms with Gasteiger partial charge in [0.15, 0.2) is 6.04 Å². The van der Waals surface area contributed by atoms with Crippen LogP contribution in [0.15, 0.2) is 48.5 Å². The fraction of sp³-hybridized carbons (Fsp3) is 0.318. The van der Waals surface area contributed by atoms with Crippen molar-refractivity contribution < 1.29 is 18.9 Å². The van der Waals surface area contributed by atoms with Crippen molar-refractivity contribution in [3.8, 4) is 0 Å². The highest BCUT2D eigenvalue weighted by atomic mass is 19.1. The van der Waals surface area contributed by atoms with Gasteiger partial charge in [-0.15, -0.1) is 0 Å². The molecule has 2 fully saturated rings. The molecule has 1 atom stereocenters. The SMILES string of the molecule is O=C1CC([NH+]2CCC(c3nc4ccccc4[nH]3)CC2)C(=O)N1c1ccc(F)cc1. The molecule has 2 aromatic carbocycles. The third kappa shape index (κ3) is 3.21. The average Bonchev–Trinajstić information content (AvgIpc) is 3.30. The number of likely N-dealkylation sites (tertiary alicyclic amines) is 1. The maximum atomic E-state index is 13.2. The summed E-state index contributed by atoms with van der Waals surface area (Å²) in [5, 5.41) is 0. The van der Waals surface area contributed by atoms with Crippen LogP contribution in [-0.2, 0) is 9.59 Å². The van der Waals surface area contributed by atoms with Crippen LogP contribution in [0.1, 0.15) is 31.0 Å². The molecule has 3 heterocycles. The van der Waals surface area contributed by atoms with Crippen LogP contribution in [0.5, 0.6) is 0 Å². The van der Waals surface area contributed by atoms with Gasteiger partial charge >= 0.3 is 0 Å². The number of carbonyl (C=O) groups excluding carboxylic acids is 2. The number of piperidine rings is 1. The maximum absolute atomic E-state index is 13.2. The van der Waals surface area contributed by atoms with Gasteiger partial charge in [-0.3, -0.25) is 9.59 Å². The van der Waals surface area contributed by atoms with Crippen LogP contribution in [0.2, 0.25) is 0 Å². The van der Waals surface area contributed by atoms with Gasteiger partial charge in [0.05, 0.1) is 36.2 Å². The third-order valence-electron chi connectivity index (χ3n) is 6.15. The summed E-state index contributed by atoms with van der Waals surface area (Å²) >= 11 is 0. The number of halogens is 1. The van der Waals surface area contributed by atoms with E-state index in [0.29, 0.717) is 11.6 Å². The van der Waals surface area contributed by atoms with E-state index in [9.17, 15) is 14.0 Å². The van der Waals surface area contributed by atoms with Crippen molar-refractivity contribution in [1.29, 1.82) is 0 Å². The number of H-pyrrole nitrogens is 1. The molecule has 29 heavy (non-hydrogen) atoms. The van der Waals surface area contributed by atoms with E-state index in [1.54, 1.807) is 0 Å². The predicted molar refractivity (Wildman–Crippen MR) is 106 cm³/mol. The van der Waals surface area contributed by atoms with Crippen LogP contribution in [0, 0.1) is 5.82 Å². The number of anilines is 1. The van der Waals surface area contributed by atoms with Crippen LogP contribution in [0.3, 0.4) is 0 Å². The molecule has 148 valence electrons. The first-order chi connectivity index (χ1) is 14.1. The number of imidazole rings is 1. The van der Waals surface area contributed by atoms with Crippen molar-refractivity contribution in [3.63, 3.8) is 0 Å². The number of aromatic nitrogens is 2. The van der Waals surface area contributed by atoms with E-state index in [4.69, 9.17) is 4.98 Å². The highest BCUT2D eigenvalue weighted by Gasteiger charge is 2.46. The number of carbonyl (C=O) groups is 2. The maximum Gasteiger partial charge on any atom is 0.292 e. The fourth-order valence-corrected chi connectivity index (χ4v) is 4.59. The Balaban J connectivity index is 1.27. The van der Waals surface area contributed by atoms with Gasteiger partial charge in [0.25, 0.3) is 5.91 Å². The summed E-state index contributed by atoms with van der Waals surface area (Å²) in [6.07, 6.45) is 2.05. The summed E-state index contributed by atoms with van der Waals surface area (Å²) in [6.45, 7) is 1.64. The molecule has 6 nitrogen and oxygen atoms in total. The number of nitrogens with one attached hydrogen (secondary N) is 2. The van der Waals surface area contributed by atoms with Crippen LogP contribution < -0.4 is 9.80 Å². The lowest BCUT2D eigenvalue weighted by atomic mass is 9.95. The van der Waals surface area contributed by atoms with Gasteiger partial charge in [0.2, 0.25) is 5.91 Å². The molecular formula is C22H22FN4O2+. The van der Waals surface area contributed by atoms with E-state index in [0.717, 1.165) is 47.7 Å². The highest BCUT2D eigenvalue weighted by molar-refractivity contribution is 6.21. The molecule has 0 radical (unpaired) electrons. The Labute approximate surface area is 167 Å². The molecule has 5 rings (SSSR count). The normalized spacial score (nSPS) is 25.1. The Morgan fingerprint density at radius 2 is 1.76 bits per heavy atom.